The van der Waals surface area contributed by atoms with Gasteiger partial charge in [-0.15, -0.1) is 11.8 Å². The molecule has 2 N–H and O–H groups in total. The summed E-state index contributed by atoms with van der Waals surface area (Å²) in [5, 5.41) is 12.6. The lowest BCUT2D eigenvalue weighted by molar-refractivity contribution is 0.185. The third-order valence-electron chi connectivity index (χ3n) is 3.07. The van der Waals surface area contributed by atoms with Crippen molar-refractivity contribution in [1.82, 2.24) is 4.90 Å². The maximum Gasteiger partial charge on any atom is 0.322 e. The summed E-state index contributed by atoms with van der Waals surface area (Å²) in [6, 6.07) is 5.60. The van der Waals surface area contributed by atoms with Gasteiger partial charge in [0, 0.05) is 22.5 Å². The number of benzene rings is 1. The molecule has 0 spiro atoms. The molecule has 1 aliphatic carbocycles. The van der Waals surface area contributed by atoms with Crippen LogP contribution >= 0.6 is 23.4 Å². The number of nitrogens with zero attached hydrogens (tertiary/aromatic N) is 1. The molecule has 1 aromatic rings. The number of urea groups is 1. The number of anilines is 1. The van der Waals surface area contributed by atoms with E-state index in [1.165, 1.54) is 0 Å². The maximum absolute atomic E-state index is 12.3. The molecule has 0 aromatic heterocycles. The monoisotopic (exact) mass is 314 g/mol. The van der Waals surface area contributed by atoms with Crippen molar-refractivity contribution >= 4 is 35.1 Å². The molecule has 2 amide bonds. The van der Waals surface area contributed by atoms with Crippen LogP contribution < -0.4 is 5.32 Å². The van der Waals surface area contributed by atoms with E-state index in [2.05, 4.69) is 12.2 Å². The van der Waals surface area contributed by atoms with Crippen LogP contribution in [0.5, 0.6) is 0 Å². The summed E-state index contributed by atoms with van der Waals surface area (Å²) in [4.78, 5) is 15.0. The fraction of sp³-hybridized carbons (Fsp3) is 0.500. The van der Waals surface area contributed by atoms with E-state index in [0.717, 1.165) is 29.2 Å². The van der Waals surface area contributed by atoms with Gasteiger partial charge in [0.2, 0.25) is 0 Å². The first-order valence-corrected chi connectivity index (χ1v) is 8.13. The van der Waals surface area contributed by atoms with Crippen molar-refractivity contribution in [2.75, 3.05) is 24.2 Å². The van der Waals surface area contributed by atoms with Gasteiger partial charge in [0.1, 0.15) is 0 Å². The van der Waals surface area contributed by atoms with Gasteiger partial charge < -0.3 is 15.3 Å². The number of halogens is 1. The molecule has 110 valence electrons. The highest BCUT2D eigenvalue weighted by atomic mass is 35.5. The van der Waals surface area contributed by atoms with Crippen molar-refractivity contribution < 1.29 is 9.90 Å². The lowest BCUT2D eigenvalue weighted by Crippen LogP contribution is -2.38. The van der Waals surface area contributed by atoms with E-state index in [9.17, 15) is 4.79 Å². The molecular weight excluding hydrogens is 296 g/mol. The molecule has 2 rings (SSSR count). The Kier molecular flexibility index (Phi) is 5.57. The van der Waals surface area contributed by atoms with Gasteiger partial charge in [-0.05, 0) is 36.8 Å². The Morgan fingerprint density at radius 1 is 1.55 bits per heavy atom. The van der Waals surface area contributed by atoms with Crippen LogP contribution in [0.25, 0.3) is 0 Å². The number of hydrogen-bond acceptors (Lipinski definition) is 3. The Hall–Kier alpha value is -0.910. The molecule has 6 heteroatoms. The standard InChI is InChI=1S/C14H19ClN2O2S/c1-2-20-13-6-3-10(15)9-12(13)16-14(19)17(7-8-18)11-4-5-11/h3,6,9,11,18H,2,4-5,7-8H2,1H3,(H,16,19). The first-order valence-electron chi connectivity index (χ1n) is 6.76. The van der Waals surface area contributed by atoms with Gasteiger partial charge in [-0.3, -0.25) is 0 Å². The summed E-state index contributed by atoms with van der Waals surface area (Å²) in [7, 11) is 0. The van der Waals surface area contributed by atoms with E-state index in [4.69, 9.17) is 16.7 Å². The maximum atomic E-state index is 12.3. The summed E-state index contributed by atoms with van der Waals surface area (Å²) in [6.45, 7) is 2.41. The van der Waals surface area contributed by atoms with Crippen molar-refractivity contribution in [2.45, 2.75) is 30.7 Å². The summed E-state index contributed by atoms with van der Waals surface area (Å²) < 4.78 is 0. The number of aliphatic hydroxyl groups is 1. The zero-order chi connectivity index (χ0) is 14.5. The number of carbonyl (C=O) groups is 1. The third kappa shape index (κ3) is 4.04. The van der Waals surface area contributed by atoms with Crippen LogP contribution in [0, 0.1) is 0 Å². The second-order valence-electron chi connectivity index (χ2n) is 4.65. The van der Waals surface area contributed by atoms with Gasteiger partial charge in [0.25, 0.3) is 0 Å². The number of carbonyl (C=O) groups excluding carboxylic acids is 1. The molecule has 0 unspecified atom stereocenters. The molecule has 4 nitrogen and oxygen atoms in total. The zero-order valence-electron chi connectivity index (χ0n) is 11.4. The van der Waals surface area contributed by atoms with Crippen LogP contribution in [0.15, 0.2) is 23.1 Å². The highest BCUT2D eigenvalue weighted by Crippen LogP contribution is 2.31. The van der Waals surface area contributed by atoms with Crippen LogP contribution in [0.2, 0.25) is 5.02 Å². The molecule has 0 aliphatic heterocycles. The molecule has 0 saturated heterocycles. The quantitative estimate of drug-likeness (QED) is 0.791. The molecule has 1 aromatic carbocycles. The minimum atomic E-state index is -0.165. The fourth-order valence-corrected chi connectivity index (χ4v) is 2.92. The van der Waals surface area contributed by atoms with Gasteiger partial charge in [-0.25, -0.2) is 4.79 Å². The Morgan fingerprint density at radius 3 is 2.90 bits per heavy atom. The molecule has 0 atom stereocenters. The predicted octanol–water partition coefficient (Wildman–Crippen LogP) is 3.44. The Labute approximate surface area is 128 Å². The number of amides is 2. The summed E-state index contributed by atoms with van der Waals surface area (Å²) >= 11 is 7.66. The molecule has 1 fully saturated rings. The van der Waals surface area contributed by atoms with E-state index in [1.807, 2.05) is 12.1 Å². The normalized spacial score (nSPS) is 14.2. The first kappa shape index (κ1) is 15.5. The first-order chi connectivity index (χ1) is 9.65. The SMILES string of the molecule is CCSc1ccc(Cl)cc1NC(=O)N(CCO)C1CC1. The molecule has 0 heterocycles. The van der Waals surface area contributed by atoms with E-state index in [-0.39, 0.29) is 18.7 Å². The van der Waals surface area contributed by atoms with E-state index >= 15 is 0 Å². The van der Waals surface area contributed by atoms with E-state index in [0.29, 0.717) is 11.6 Å². The average molecular weight is 315 g/mol. The highest BCUT2D eigenvalue weighted by Gasteiger charge is 2.32. The van der Waals surface area contributed by atoms with Crippen molar-refractivity contribution in [1.29, 1.82) is 0 Å². The molecule has 20 heavy (non-hydrogen) atoms. The predicted molar refractivity (Wildman–Crippen MR) is 83.7 cm³/mol. The van der Waals surface area contributed by atoms with Crippen molar-refractivity contribution in [2.24, 2.45) is 0 Å². The smallest absolute Gasteiger partial charge is 0.322 e. The number of thioether (sulfide) groups is 1. The second-order valence-corrected chi connectivity index (χ2v) is 6.39. The van der Waals surface area contributed by atoms with Crippen molar-refractivity contribution in [3.63, 3.8) is 0 Å². The lowest BCUT2D eigenvalue weighted by Gasteiger charge is -2.22. The molecule has 1 saturated carbocycles. The van der Waals surface area contributed by atoms with E-state index in [1.54, 1.807) is 22.7 Å². The Balaban J connectivity index is 2.11. The summed E-state index contributed by atoms with van der Waals surface area (Å²) in [6.07, 6.45) is 2.03. The number of hydrogen-bond donors (Lipinski definition) is 2. The molecule has 1 aliphatic rings. The van der Waals surface area contributed by atoms with Crippen LogP contribution in [-0.2, 0) is 0 Å². The molecule has 0 radical (unpaired) electrons. The summed E-state index contributed by atoms with van der Waals surface area (Å²) in [5.74, 6) is 0.924. The minimum Gasteiger partial charge on any atom is -0.395 e. The average Bonchev–Trinajstić information content (AvgIpc) is 3.23. The van der Waals surface area contributed by atoms with Crippen LogP contribution in [-0.4, -0.2) is 41.0 Å². The van der Waals surface area contributed by atoms with Gasteiger partial charge in [0.15, 0.2) is 0 Å². The second kappa shape index (κ2) is 7.20. The fourth-order valence-electron chi connectivity index (χ4n) is 2.01. The number of rotatable bonds is 6. The van der Waals surface area contributed by atoms with E-state index < -0.39 is 0 Å². The van der Waals surface area contributed by atoms with Crippen LogP contribution in [0.3, 0.4) is 0 Å². The Bertz CT molecular complexity index is 480. The Morgan fingerprint density at radius 2 is 2.30 bits per heavy atom. The minimum absolute atomic E-state index is 0.0178. The van der Waals surface area contributed by atoms with Crippen LogP contribution in [0.4, 0.5) is 10.5 Å². The zero-order valence-corrected chi connectivity index (χ0v) is 13.0. The number of nitrogens with one attached hydrogen (secondary N) is 1. The van der Waals surface area contributed by atoms with Crippen LogP contribution in [0.1, 0.15) is 19.8 Å². The number of aliphatic hydroxyl groups excluding tert-OH is 1. The summed E-state index contributed by atoms with van der Waals surface area (Å²) in [5.41, 5.74) is 0.734. The van der Waals surface area contributed by atoms with Gasteiger partial charge in [-0.1, -0.05) is 18.5 Å². The largest absolute Gasteiger partial charge is 0.395 e. The topological polar surface area (TPSA) is 52.6 Å². The van der Waals surface area contributed by atoms with Gasteiger partial charge in [-0.2, -0.15) is 0 Å². The highest BCUT2D eigenvalue weighted by molar-refractivity contribution is 7.99. The molecule has 0 bridgehead atoms. The van der Waals surface area contributed by atoms with Crippen molar-refractivity contribution in [3.8, 4) is 0 Å². The third-order valence-corrected chi connectivity index (χ3v) is 4.26. The van der Waals surface area contributed by atoms with Crippen molar-refractivity contribution in [3.05, 3.63) is 23.2 Å². The van der Waals surface area contributed by atoms with Gasteiger partial charge in [0.05, 0.1) is 12.3 Å². The van der Waals surface area contributed by atoms with Gasteiger partial charge >= 0.3 is 6.03 Å². The molecular formula is C14H19ClN2O2S. The lowest BCUT2D eigenvalue weighted by atomic mass is 10.3.